The summed E-state index contributed by atoms with van der Waals surface area (Å²) in [6.07, 6.45) is 3.94. The Balaban J connectivity index is 3.05. The van der Waals surface area contributed by atoms with Gasteiger partial charge in [0, 0.05) is 12.4 Å². The second kappa shape index (κ2) is 2.23. The minimum absolute atomic E-state index is 1.14. The number of aromatic nitrogens is 2. The van der Waals surface area contributed by atoms with Crippen LogP contribution in [-0.4, -0.2) is 17.5 Å². The predicted molar refractivity (Wildman–Crippen MR) is 45.7 cm³/mol. The zero-order chi connectivity index (χ0) is 7.78. The Bertz CT molecular complexity index is 222. The molecule has 0 aliphatic rings. The Morgan fingerprint density at radius 1 is 1.40 bits per heavy atom. The topological polar surface area (TPSA) is 17.8 Å². The Kier molecular flexibility index (Phi) is 1.68. The molecule has 0 bridgehead atoms. The fourth-order valence-electron chi connectivity index (χ4n) is 1.09. The van der Waals surface area contributed by atoms with Gasteiger partial charge in [-0.1, -0.05) is 19.6 Å². The maximum atomic E-state index is 4.18. The third-order valence-corrected chi connectivity index (χ3v) is 3.47. The van der Waals surface area contributed by atoms with Crippen molar-refractivity contribution in [1.29, 1.82) is 0 Å². The van der Waals surface area contributed by atoms with Crippen LogP contribution in [0, 0.1) is 6.92 Å². The van der Waals surface area contributed by atoms with Crippen LogP contribution in [-0.2, 0) is 0 Å². The fourth-order valence-corrected chi connectivity index (χ4v) is 2.63. The van der Waals surface area contributed by atoms with Gasteiger partial charge in [0.25, 0.3) is 0 Å². The number of nitrogens with zero attached hydrogens (tertiary/aromatic N) is 2. The summed E-state index contributed by atoms with van der Waals surface area (Å²) in [5.74, 6) is 1.14. The smallest absolute Gasteiger partial charge is 0.154 e. The highest BCUT2D eigenvalue weighted by molar-refractivity contribution is 6.74. The van der Waals surface area contributed by atoms with Gasteiger partial charge in [-0.3, -0.25) is 0 Å². The molecule has 2 nitrogen and oxygen atoms in total. The van der Waals surface area contributed by atoms with Crippen molar-refractivity contribution in [3.8, 4) is 0 Å². The van der Waals surface area contributed by atoms with E-state index in [1.807, 2.05) is 6.20 Å². The number of imidazole rings is 1. The first-order valence-corrected chi connectivity index (χ1v) is 6.97. The van der Waals surface area contributed by atoms with Crippen LogP contribution in [0.1, 0.15) is 5.82 Å². The zero-order valence-electron chi connectivity index (χ0n) is 7.05. The van der Waals surface area contributed by atoms with Gasteiger partial charge in [0.05, 0.1) is 5.82 Å². The SMILES string of the molecule is Cc1nccn1[Si](C)(C)C. The molecule has 1 aromatic heterocycles. The van der Waals surface area contributed by atoms with Crippen LogP contribution in [0.15, 0.2) is 12.4 Å². The monoisotopic (exact) mass is 154 g/mol. The summed E-state index contributed by atoms with van der Waals surface area (Å²) in [7, 11) is -1.17. The maximum Gasteiger partial charge on any atom is 0.154 e. The Hall–Kier alpha value is -0.573. The van der Waals surface area contributed by atoms with E-state index in [2.05, 4.69) is 42.0 Å². The Morgan fingerprint density at radius 2 is 2.00 bits per heavy atom. The van der Waals surface area contributed by atoms with Crippen molar-refractivity contribution in [2.75, 3.05) is 0 Å². The normalized spacial score (nSPS) is 12.0. The summed E-state index contributed by atoms with van der Waals surface area (Å²) in [5, 5.41) is 0. The van der Waals surface area contributed by atoms with Crippen molar-refractivity contribution in [3.05, 3.63) is 18.2 Å². The van der Waals surface area contributed by atoms with E-state index in [1.165, 1.54) is 0 Å². The minimum Gasteiger partial charge on any atom is -0.363 e. The third-order valence-electron chi connectivity index (χ3n) is 1.55. The molecule has 0 fully saturated rings. The van der Waals surface area contributed by atoms with Gasteiger partial charge in [-0.15, -0.1) is 0 Å². The van der Waals surface area contributed by atoms with Crippen molar-refractivity contribution in [1.82, 2.24) is 9.22 Å². The molecule has 0 amide bonds. The average molecular weight is 154 g/mol. The van der Waals surface area contributed by atoms with Crippen LogP contribution in [0.3, 0.4) is 0 Å². The minimum atomic E-state index is -1.17. The van der Waals surface area contributed by atoms with Crippen molar-refractivity contribution >= 4 is 8.24 Å². The first-order valence-electron chi connectivity index (χ1n) is 3.52. The summed E-state index contributed by atoms with van der Waals surface area (Å²) in [6.45, 7) is 8.98. The second-order valence-corrected chi connectivity index (χ2v) is 8.34. The molecular weight excluding hydrogens is 140 g/mol. The molecule has 1 heterocycles. The average Bonchev–Trinajstić information content (AvgIpc) is 2.11. The fraction of sp³-hybridized carbons (Fsp3) is 0.571. The van der Waals surface area contributed by atoms with Crippen molar-refractivity contribution in [3.63, 3.8) is 0 Å². The molecule has 0 radical (unpaired) electrons. The molecule has 0 unspecified atom stereocenters. The molecule has 56 valence electrons. The van der Waals surface area contributed by atoms with Gasteiger partial charge in [-0.2, -0.15) is 0 Å². The van der Waals surface area contributed by atoms with Gasteiger partial charge < -0.3 is 4.23 Å². The molecule has 3 heteroatoms. The van der Waals surface area contributed by atoms with Gasteiger partial charge in [-0.05, 0) is 6.92 Å². The van der Waals surface area contributed by atoms with Gasteiger partial charge in [0.2, 0.25) is 0 Å². The summed E-state index contributed by atoms with van der Waals surface area (Å²) in [6, 6.07) is 0. The van der Waals surface area contributed by atoms with Crippen LogP contribution >= 0.6 is 0 Å². The molecule has 0 aliphatic heterocycles. The van der Waals surface area contributed by atoms with Crippen LogP contribution in [0.2, 0.25) is 19.6 Å². The lowest BCUT2D eigenvalue weighted by Gasteiger charge is -2.19. The van der Waals surface area contributed by atoms with Gasteiger partial charge >= 0.3 is 0 Å². The largest absolute Gasteiger partial charge is 0.363 e. The van der Waals surface area contributed by atoms with Crippen LogP contribution in [0.25, 0.3) is 0 Å². The second-order valence-electron chi connectivity index (χ2n) is 3.52. The van der Waals surface area contributed by atoms with E-state index in [1.54, 1.807) is 0 Å². The number of hydrogen-bond donors (Lipinski definition) is 0. The molecule has 1 rings (SSSR count). The molecular formula is C7H14N2Si. The lowest BCUT2D eigenvalue weighted by Crippen LogP contribution is -2.32. The highest BCUT2D eigenvalue weighted by Gasteiger charge is 2.16. The molecule has 0 N–H and O–H groups in total. The van der Waals surface area contributed by atoms with E-state index in [0.717, 1.165) is 5.82 Å². The Labute approximate surface area is 63.0 Å². The summed E-state index contributed by atoms with van der Waals surface area (Å²) in [5.41, 5.74) is 0. The molecule has 0 atom stereocenters. The van der Waals surface area contributed by atoms with Crippen molar-refractivity contribution in [2.24, 2.45) is 0 Å². The van der Waals surface area contributed by atoms with E-state index in [-0.39, 0.29) is 0 Å². The predicted octanol–water partition coefficient (Wildman–Crippen LogP) is 1.87. The van der Waals surface area contributed by atoms with Crippen LogP contribution in [0.5, 0.6) is 0 Å². The van der Waals surface area contributed by atoms with Crippen molar-refractivity contribution < 1.29 is 0 Å². The van der Waals surface area contributed by atoms with Crippen molar-refractivity contribution in [2.45, 2.75) is 26.6 Å². The maximum absolute atomic E-state index is 4.18. The number of rotatable bonds is 1. The van der Waals surface area contributed by atoms with Crippen LogP contribution in [0.4, 0.5) is 0 Å². The zero-order valence-corrected chi connectivity index (χ0v) is 8.05. The molecule has 0 spiro atoms. The molecule has 0 saturated carbocycles. The lowest BCUT2D eigenvalue weighted by molar-refractivity contribution is 1.03. The van der Waals surface area contributed by atoms with E-state index in [9.17, 15) is 0 Å². The van der Waals surface area contributed by atoms with Gasteiger partial charge in [-0.25, -0.2) is 4.98 Å². The highest BCUT2D eigenvalue weighted by atomic mass is 28.3. The first-order chi connectivity index (χ1) is 4.52. The van der Waals surface area contributed by atoms with Crippen LogP contribution < -0.4 is 0 Å². The lowest BCUT2D eigenvalue weighted by atomic mass is 10.8. The Morgan fingerprint density at radius 3 is 2.20 bits per heavy atom. The molecule has 0 aromatic carbocycles. The summed E-state index contributed by atoms with van der Waals surface area (Å²) >= 11 is 0. The standard InChI is InChI=1S/C7H14N2Si/c1-7-8-5-6-9(7)10(2,3)4/h5-6H,1-4H3. The quantitative estimate of drug-likeness (QED) is 0.565. The molecule has 0 saturated heterocycles. The summed E-state index contributed by atoms with van der Waals surface area (Å²) < 4.78 is 2.30. The van der Waals surface area contributed by atoms with E-state index in [4.69, 9.17) is 0 Å². The molecule has 1 aromatic rings. The van der Waals surface area contributed by atoms with Gasteiger partial charge in [0.1, 0.15) is 0 Å². The third kappa shape index (κ3) is 1.29. The molecule has 0 aliphatic carbocycles. The number of hydrogen-bond acceptors (Lipinski definition) is 1. The van der Waals surface area contributed by atoms with E-state index < -0.39 is 8.24 Å². The van der Waals surface area contributed by atoms with E-state index in [0.29, 0.717) is 0 Å². The molecule has 10 heavy (non-hydrogen) atoms. The first kappa shape index (κ1) is 7.53. The van der Waals surface area contributed by atoms with Gasteiger partial charge in [0.15, 0.2) is 8.24 Å². The highest BCUT2D eigenvalue weighted by Crippen LogP contribution is 2.07. The van der Waals surface area contributed by atoms with E-state index >= 15 is 0 Å². The number of aryl methyl sites for hydroxylation is 1. The summed E-state index contributed by atoms with van der Waals surface area (Å²) in [4.78, 5) is 4.18.